The van der Waals surface area contributed by atoms with Gasteiger partial charge in [-0.3, -0.25) is 14.5 Å². The third-order valence-electron chi connectivity index (χ3n) is 4.97. The number of hydrogen-bond acceptors (Lipinski definition) is 5. The Morgan fingerprint density at radius 1 is 1.33 bits per heavy atom. The van der Waals surface area contributed by atoms with Crippen molar-refractivity contribution in [1.82, 2.24) is 14.4 Å². The predicted octanol–water partition coefficient (Wildman–Crippen LogP) is 4.12. The Kier molecular flexibility index (Phi) is 7.73. The maximum Gasteiger partial charge on any atom is 0.266 e. The summed E-state index contributed by atoms with van der Waals surface area (Å²) in [7, 11) is 1.60. The molecule has 30 heavy (non-hydrogen) atoms. The fourth-order valence-corrected chi connectivity index (χ4v) is 5.04. The van der Waals surface area contributed by atoms with Crippen molar-refractivity contribution in [2.24, 2.45) is 0 Å². The number of methoxy groups -OCH3 is 1. The zero-order chi connectivity index (χ0) is 21.8. The minimum absolute atomic E-state index is 0.0669. The normalized spacial score (nSPS) is 15.6. The van der Waals surface area contributed by atoms with E-state index in [9.17, 15) is 9.59 Å². The highest BCUT2D eigenvalue weighted by atomic mass is 79.9. The molecule has 1 fully saturated rings. The number of aromatic nitrogens is 1. The molecular weight excluding hydrogens is 486 g/mol. The molecule has 9 heteroatoms. The molecule has 1 aromatic heterocycles. The van der Waals surface area contributed by atoms with Gasteiger partial charge in [0.05, 0.1) is 18.1 Å². The summed E-state index contributed by atoms with van der Waals surface area (Å²) >= 11 is 10.2. The number of thioether (sulfide) groups is 1. The van der Waals surface area contributed by atoms with E-state index in [-0.39, 0.29) is 18.4 Å². The molecule has 0 radical (unpaired) electrons. The number of thiocarbonyl (C=S) groups is 1. The summed E-state index contributed by atoms with van der Waals surface area (Å²) in [6.07, 6.45) is 3.79. The van der Waals surface area contributed by atoms with Crippen molar-refractivity contribution in [3.8, 4) is 0 Å². The minimum atomic E-state index is -0.114. The van der Waals surface area contributed by atoms with Gasteiger partial charge in [-0.15, -0.1) is 0 Å². The standard InChI is InChI=1S/C21H24BrN3O3S2/c1-4-23(5-2)19(26)13-24-12-14(16-11-15(22)6-7-17(16)24)10-18-20(27)25(8-9-28-3)21(29)30-18/h6-7,10-12H,4-5,8-9,13H2,1-3H3/b18-10-. The Bertz CT molecular complexity index is 1010. The van der Waals surface area contributed by atoms with E-state index in [2.05, 4.69) is 15.9 Å². The summed E-state index contributed by atoms with van der Waals surface area (Å²) < 4.78 is 8.49. The van der Waals surface area contributed by atoms with Crippen LogP contribution in [0.1, 0.15) is 19.4 Å². The zero-order valence-corrected chi connectivity index (χ0v) is 20.4. The molecule has 6 nitrogen and oxygen atoms in total. The lowest BCUT2D eigenvalue weighted by molar-refractivity contribution is -0.131. The Balaban J connectivity index is 1.97. The van der Waals surface area contributed by atoms with Gasteiger partial charge in [0.2, 0.25) is 5.91 Å². The maximum atomic E-state index is 12.8. The molecule has 1 aliphatic heterocycles. The van der Waals surface area contributed by atoms with Crippen LogP contribution in [-0.4, -0.2) is 63.9 Å². The number of ether oxygens (including phenoxy) is 1. The number of benzene rings is 1. The first-order valence-electron chi connectivity index (χ1n) is 9.70. The van der Waals surface area contributed by atoms with E-state index >= 15 is 0 Å². The summed E-state index contributed by atoms with van der Waals surface area (Å²) in [4.78, 5) is 29.4. The zero-order valence-electron chi connectivity index (χ0n) is 17.2. The van der Waals surface area contributed by atoms with Crippen LogP contribution in [0.2, 0.25) is 0 Å². The lowest BCUT2D eigenvalue weighted by Crippen LogP contribution is -2.33. The van der Waals surface area contributed by atoms with Gasteiger partial charge in [0.15, 0.2) is 0 Å². The summed E-state index contributed by atoms with van der Waals surface area (Å²) in [5.74, 6) is -0.0468. The van der Waals surface area contributed by atoms with Gasteiger partial charge in [-0.05, 0) is 38.1 Å². The minimum Gasteiger partial charge on any atom is -0.383 e. The Morgan fingerprint density at radius 3 is 2.73 bits per heavy atom. The highest BCUT2D eigenvalue weighted by Gasteiger charge is 2.32. The summed E-state index contributed by atoms with van der Waals surface area (Å²) in [6, 6.07) is 5.94. The van der Waals surface area contributed by atoms with Gasteiger partial charge >= 0.3 is 0 Å². The Morgan fingerprint density at radius 2 is 2.07 bits per heavy atom. The number of amides is 2. The Labute approximate surface area is 194 Å². The molecule has 1 aromatic carbocycles. The number of halogens is 1. The first-order chi connectivity index (χ1) is 14.4. The fourth-order valence-electron chi connectivity index (χ4n) is 3.38. The summed E-state index contributed by atoms with van der Waals surface area (Å²) in [6.45, 7) is 6.42. The molecule has 2 heterocycles. The van der Waals surface area contributed by atoms with Gasteiger partial charge in [-0.2, -0.15) is 0 Å². The molecule has 2 amide bonds. The number of fused-ring (bicyclic) bond motifs is 1. The van der Waals surface area contributed by atoms with E-state index in [1.807, 2.05) is 53.8 Å². The van der Waals surface area contributed by atoms with Crippen LogP contribution in [-0.2, 0) is 20.9 Å². The number of rotatable bonds is 8. The van der Waals surface area contributed by atoms with Crippen molar-refractivity contribution in [2.75, 3.05) is 33.4 Å². The van der Waals surface area contributed by atoms with Crippen LogP contribution in [0.25, 0.3) is 17.0 Å². The average molecular weight is 510 g/mol. The van der Waals surface area contributed by atoms with Crippen LogP contribution < -0.4 is 0 Å². The van der Waals surface area contributed by atoms with Gasteiger partial charge in [0.1, 0.15) is 10.9 Å². The van der Waals surface area contributed by atoms with Gasteiger partial charge in [-0.1, -0.05) is 39.9 Å². The second-order valence-electron chi connectivity index (χ2n) is 6.77. The monoisotopic (exact) mass is 509 g/mol. The number of carbonyl (C=O) groups is 2. The Hall–Kier alpha value is -1.68. The number of hydrogen-bond donors (Lipinski definition) is 0. The first kappa shape index (κ1) is 23.0. The van der Waals surface area contributed by atoms with Gasteiger partial charge in [-0.25, -0.2) is 0 Å². The maximum absolute atomic E-state index is 12.8. The van der Waals surface area contributed by atoms with Crippen molar-refractivity contribution in [1.29, 1.82) is 0 Å². The van der Waals surface area contributed by atoms with Gasteiger partial charge in [0, 0.05) is 47.3 Å². The SMILES string of the molecule is CCN(CC)C(=O)Cn1cc(/C=C2\SC(=S)N(CCOC)C2=O)c2cc(Br)ccc21. The molecule has 0 spiro atoms. The van der Waals surface area contributed by atoms with Crippen LogP contribution in [0.3, 0.4) is 0 Å². The molecule has 0 saturated carbocycles. The van der Waals surface area contributed by atoms with Crippen molar-refractivity contribution < 1.29 is 14.3 Å². The molecule has 0 atom stereocenters. The molecule has 2 aromatic rings. The highest BCUT2D eigenvalue weighted by Crippen LogP contribution is 2.35. The molecule has 0 bridgehead atoms. The second-order valence-corrected chi connectivity index (χ2v) is 9.36. The lowest BCUT2D eigenvalue weighted by atomic mass is 10.1. The van der Waals surface area contributed by atoms with E-state index in [0.717, 1.165) is 20.9 Å². The molecule has 1 aliphatic rings. The van der Waals surface area contributed by atoms with Crippen LogP contribution >= 0.6 is 39.9 Å². The van der Waals surface area contributed by atoms with Crippen molar-refractivity contribution in [3.63, 3.8) is 0 Å². The molecule has 0 N–H and O–H groups in total. The smallest absolute Gasteiger partial charge is 0.266 e. The summed E-state index contributed by atoms with van der Waals surface area (Å²) in [5, 5.41) is 0.971. The highest BCUT2D eigenvalue weighted by molar-refractivity contribution is 9.10. The van der Waals surface area contributed by atoms with Crippen LogP contribution in [0, 0.1) is 0 Å². The van der Waals surface area contributed by atoms with Gasteiger partial charge in [0.25, 0.3) is 5.91 Å². The van der Waals surface area contributed by atoms with Crippen LogP contribution in [0.15, 0.2) is 33.8 Å². The number of likely N-dealkylation sites (N-methyl/N-ethyl adjacent to an activating group) is 1. The first-order valence-corrected chi connectivity index (χ1v) is 11.7. The van der Waals surface area contributed by atoms with E-state index < -0.39 is 0 Å². The molecule has 0 aliphatic carbocycles. The van der Waals surface area contributed by atoms with Crippen LogP contribution in [0.5, 0.6) is 0 Å². The van der Waals surface area contributed by atoms with E-state index in [1.165, 1.54) is 11.8 Å². The predicted molar refractivity (Wildman–Crippen MR) is 129 cm³/mol. The average Bonchev–Trinajstić information content (AvgIpc) is 3.18. The van der Waals surface area contributed by atoms with Crippen molar-refractivity contribution in [3.05, 3.63) is 39.3 Å². The third kappa shape index (κ3) is 4.80. The number of carbonyl (C=O) groups excluding carboxylic acids is 2. The van der Waals surface area contributed by atoms with Crippen LogP contribution in [0.4, 0.5) is 0 Å². The van der Waals surface area contributed by atoms with Crippen molar-refractivity contribution in [2.45, 2.75) is 20.4 Å². The molecule has 1 saturated heterocycles. The quantitative estimate of drug-likeness (QED) is 0.395. The molecular formula is C21H24BrN3O3S2. The molecule has 160 valence electrons. The number of nitrogens with zero attached hydrogens (tertiary/aromatic N) is 3. The summed E-state index contributed by atoms with van der Waals surface area (Å²) in [5.41, 5.74) is 1.82. The third-order valence-corrected chi connectivity index (χ3v) is 6.85. The lowest BCUT2D eigenvalue weighted by Gasteiger charge is -2.19. The van der Waals surface area contributed by atoms with Gasteiger partial charge < -0.3 is 14.2 Å². The van der Waals surface area contributed by atoms with E-state index in [0.29, 0.717) is 35.5 Å². The van der Waals surface area contributed by atoms with E-state index in [1.54, 1.807) is 12.0 Å². The molecule has 0 unspecified atom stereocenters. The van der Waals surface area contributed by atoms with Crippen molar-refractivity contribution >= 4 is 73.0 Å². The topological polar surface area (TPSA) is 54.8 Å². The second kappa shape index (κ2) is 10.1. The largest absolute Gasteiger partial charge is 0.383 e. The fraction of sp³-hybridized carbons (Fsp3) is 0.381. The molecule has 3 rings (SSSR count). The van der Waals surface area contributed by atoms with E-state index in [4.69, 9.17) is 17.0 Å².